The van der Waals surface area contributed by atoms with Crippen LogP contribution in [0, 0.1) is 0 Å². The van der Waals surface area contributed by atoms with Crippen LogP contribution < -0.4 is 20.7 Å². The Balaban J connectivity index is 1.79. The lowest BCUT2D eigenvalue weighted by atomic mass is 10.2. The number of ether oxygens (including phenoxy) is 1. The number of amides is 2. The van der Waals surface area contributed by atoms with Crippen LogP contribution in [0.4, 0.5) is 21.9 Å². The summed E-state index contributed by atoms with van der Waals surface area (Å²) in [5.41, 5.74) is 8.94. The number of nitrogen functional groups attached to an aromatic ring is 1. The number of carbonyl (C=O) groups excluding carboxylic acids is 1. The van der Waals surface area contributed by atoms with Gasteiger partial charge in [0.05, 0.1) is 18.5 Å². The molecule has 0 radical (unpaired) electrons. The van der Waals surface area contributed by atoms with E-state index >= 15 is 0 Å². The first-order chi connectivity index (χ1) is 12.7. The number of hydrogen-bond acceptors (Lipinski definition) is 3. The third kappa shape index (κ3) is 4.13. The third-order valence-electron chi connectivity index (χ3n) is 3.97. The zero-order valence-corrected chi connectivity index (χ0v) is 14.6. The highest BCUT2D eigenvalue weighted by atomic mass is 16.5. The third-order valence-corrected chi connectivity index (χ3v) is 3.97. The highest BCUT2D eigenvalue weighted by Crippen LogP contribution is 2.26. The van der Waals surface area contributed by atoms with Crippen molar-refractivity contribution in [3.8, 4) is 5.75 Å². The number of methoxy groups -OCH3 is 1. The highest BCUT2D eigenvalue weighted by molar-refractivity contribution is 5.99. The molecule has 3 N–H and O–H groups in total. The summed E-state index contributed by atoms with van der Waals surface area (Å²) in [5.74, 6) is 0.785. The monoisotopic (exact) mass is 347 g/mol. The lowest BCUT2D eigenvalue weighted by Gasteiger charge is -2.23. The zero-order chi connectivity index (χ0) is 18.4. The maximum Gasteiger partial charge on any atom is 0.326 e. The predicted molar refractivity (Wildman–Crippen MR) is 105 cm³/mol. The SMILES string of the molecule is COc1ccc(CNC(=O)N(c2ccccc2)c2ccc(N)cc2)cc1. The van der Waals surface area contributed by atoms with Crippen LogP contribution >= 0.6 is 0 Å². The predicted octanol–water partition coefficient (Wildman–Crippen LogP) is 4.33. The minimum atomic E-state index is -0.211. The molecule has 0 saturated heterocycles. The first-order valence-electron chi connectivity index (χ1n) is 8.29. The van der Waals surface area contributed by atoms with Crippen LogP contribution in [0.5, 0.6) is 5.75 Å². The van der Waals surface area contributed by atoms with Crippen LogP contribution in [0.2, 0.25) is 0 Å². The van der Waals surface area contributed by atoms with Crippen molar-refractivity contribution in [1.82, 2.24) is 5.32 Å². The summed E-state index contributed by atoms with van der Waals surface area (Å²) in [4.78, 5) is 14.5. The Morgan fingerprint density at radius 3 is 2.15 bits per heavy atom. The fourth-order valence-electron chi connectivity index (χ4n) is 2.58. The number of nitrogens with zero attached hydrogens (tertiary/aromatic N) is 1. The lowest BCUT2D eigenvalue weighted by Crippen LogP contribution is -2.36. The van der Waals surface area contributed by atoms with Crippen molar-refractivity contribution in [3.63, 3.8) is 0 Å². The van der Waals surface area contributed by atoms with Crippen LogP contribution in [0.3, 0.4) is 0 Å². The lowest BCUT2D eigenvalue weighted by molar-refractivity contribution is 0.248. The molecule has 0 aliphatic rings. The van der Waals surface area contributed by atoms with E-state index in [1.807, 2.05) is 66.7 Å². The van der Waals surface area contributed by atoms with Gasteiger partial charge in [-0.15, -0.1) is 0 Å². The van der Waals surface area contributed by atoms with Crippen LogP contribution in [-0.2, 0) is 6.54 Å². The van der Waals surface area contributed by atoms with E-state index in [2.05, 4.69) is 5.32 Å². The Morgan fingerprint density at radius 2 is 1.54 bits per heavy atom. The van der Waals surface area contributed by atoms with Gasteiger partial charge in [0.15, 0.2) is 0 Å². The van der Waals surface area contributed by atoms with E-state index in [4.69, 9.17) is 10.5 Å². The number of rotatable bonds is 5. The molecule has 0 fully saturated rings. The number of nitrogens with one attached hydrogen (secondary N) is 1. The summed E-state index contributed by atoms with van der Waals surface area (Å²) < 4.78 is 5.15. The van der Waals surface area contributed by atoms with Gasteiger partial charge in [0.2, 0.25) is 0 Å². The number of anilines is 3. The molecule has 0 aliphatic carbocycles. The first-order valence-corrected chi connectivity index (χ1v) is 8.29. The van der Waals surface area contributed by atoms with E-state index in [1.54, 1.807) is 24.1 Å². The molecule has 5 nitrogen and oxygen atoms in total. The molecule has 3 aromatic rings. The summed E-state index contributed by atoms with van der Waals surface area (Å²) >= 11 is 0. The Hall–Kier alpha value is -3.47. The topological polar surface area (TPSA) is 67.6 Å². The molecule has 0 aliphatic heterocycles. The Labute approximate surface area is 153 Å². The summed E-state index contributed by atoms with van der Waals surface area (Å²) in [6, 6.07) is 24.1. The molecule has 26 heavy (non-hydrogen) atoms. The molecule has 0 saturated carbocycles. The maximum absolute atomic E-state index is 12.9. The number of nitrogens with two attached hydrogens (primary N) is 1. The van der Waals surface area contributed by atoms with E-state index in [-0.39, 0.29) is 6.03 Å². The van der Waals surface area contributed by atoms with E-state index < -0.39 is 0 Å². The van der Waals surface area contributed by atoms with E-state index in [0.29, 0.717) is 12.2 Å². The standard InChI is InChI=1S/C21H21N3O2/c1-26-20-13-7-16(8-14-20)15-23-21(25)24(18-5-3-2-4-6-18)19-11-9-17(22)10-12-19/h2-14H,15,22H2,1H3,(H,23,25). The van der Waals surface area contributed by atoms with Gasteiger partial charge in [-0.05, 0) is 54.1 Å². The van der Waals surface area contributed by atoms with Crippen LogP contribution in [0.25, 0.3) is 0 Å². The van der Waals surface area contributed by atoms with E-state index in [0.717, 1.165) is 22.7 Å². The summed E-state index contributed by atoms with van der Waals surface area (Å²) in [7, 11) is 1.63. The van der Waals surface area contributed by atoms with Gasteiger partial charge in [-0.3, -0.25) is 4.90 Å². The minimum Gasteiger partial charge on any atom is -0.497 e. The van der Waals surface area contributed by atoms with Gasteiger partial charge in [0, 0.05) is 12.2 Å². The van der Waals surface area contributed by atoms with Gasteiger partial charge >= 0.3 is 6.03 Å². The molecule has 0 heterocycles. The van der Waals surface area contributed by atoms with Crippen molar-refractivity contribution in [2.24, 2.45) is 0 Å². The Bertz CT molecular complexity index is 847. The summed E-state index contributed by atoms with van der Waals surface area (Å²) in [6.07, 6.45) is 0. The van der Waals surface area contributed by atoms with Crippen molar-refractivity contribution in [2.75, 3.05) is 17.7 Å². The second-order valence-electron chi connectivity index (χ2n) is 5.77. The second kappa shape index (κ2) is 8.07. The van der Waals surface area contributed by atoms with Crippen LogP contribution in [-0.4, -0.2) is 13.1 Å². The maximum atomic E-state index is 12.9. The van der Waals surface area contributed by atoms with Gasteiger partial charge < -0.3 is 15.8 Å². The van der Waals surface area contributed by atoms with Gasteiger partial charge in [0.1, 0.15) is 5.75 Å². The number of hydrogen-bond donors (Lipinski definition) is 2. The van der Waals surface area contributed by atoms with Crippen molar-refractivity contribution in [3.05, 3.63) is 84.4 Å². The van der Waals surface area contributed by atoms with Crippen LogP contribution in [0.15, 0.2) is 78.9 Å². The van der Waals surface area contributed by atoms with Crippen LogP contribution in [0.1, 0.15) is 5.56 Å². The van der Waals surface area contributed by atoms with E-state index in [9.17, 15) is 4.79 Å². The van der Waals surface area contributed by atoms with E-state index in [1.165, 1.54) is 0 Å². The number of benzene rings is 3. The second-order valence-corrected chi connectivity index (χ2v) is 5.77. The Kier molecular flexibility index (Phi) is 5.39. The average Bonchev–Trinajstić information content (AvgIpc) is 2.69. The number of carbonyl (C=O) groups is 1. The minimum absolute atomic E-state index is 0.211. The molecule has 3 aromatic carbocycles. The molecule has 3 rings (SSSR count). The first kappa shape index (κ1) is 17.4. The van der Waals surface area contributed by atoms with Crippen molar-refractivity contribution >= 4 is 23.1 Å². The average molecular weight is 347 g/mol. The molecule has 5 heteroatoms. The van der Waals surface area contributed by atoms with Gasteiger partial charge in [-0.25, -0.2) is 4.79 Å². The van der Waals surface area contributed by atoms with Crippen molar-refractivity contribution < 1.29 is 9.53 Å². The van der Waals surface area contributed by atoms with Gasteiger partial charge in [0.25, 0.3) is 0 Å². The quantitative estimate of drug-likeness (QED) is 0.675. The fraction of sp³-hybridized carbons (Fsp3) is 0.0952. The molecule has 0 aromatic heterocycles. The largest absolute Gasteiger partial charge is 0.497 e. The summed E-state index contributed by atoms with van der Waals surface area (Å²) in [5, 5.41) is 2.96. The number of para-hydroxylation sites is 1. The highest BCUT2D eigenvalue weighted by Gasteiger charge is 2.17. The smallest absolute Gasteiger partial charge is 0.326 e. The molecular weight excluding hydrogens is 326 g/mol. The molecule has 0 bridgehead atoms. The molecular formula is C21H21N3O2. The Morgan fingerprint density at radius 1 is 0.923 bits per heavy atom. The molecule has 0 spiro atoms. The normalized spacial score (nSPS) is 10.2. The van der Waals surface area contributed by atoms with Crippen molar-refractivity contribution in [2.45, 2.75) is 6.54 Å². The molecule has 132 valence electrons. The zero-order valence-electron chi connectivity index (χ0n) is 14.6. The molecule has 2 amide bonds. The van der Waals surface area contributed by atoms with Gasteiger partial charge in [-0.2, -0.15) is 0 Å². The summed E-state index contributed by atoms with van der Waals surface area (Å²) in [6.45, 7) is 0.418. The number of urea groups is 1. The molecule has 0 unspecified atom stereocenters. The molecule has 0 atom stereocenters. The van der Waals surface area contributed by atoms with Crippen molar-refractivity contribution in [1.29, 1.82) is 0 Å². The fourth-order valence-corrected chi connectivity index (χ4v) is 2.58. The van der Waals surface area contributed by atoms with Gasteiger partial charge in [-0.1, -0.05) is 30.3 Å².